The van der Waals surface area contributed by atoms with Crippen molar-refractivity contribution in [2.24, 2.45) is 11.8 Å². The van der Waals surface area contributed by atoms with Gasteiger partial charge in [0.05, 0.1) is 41.9 Å². The molecular weight excluding hydrogens is 492 g/mol. The number of nitrogens with zero attached hydrogens (tertiary/aromatic N) is 1. The van der Waals surface area contributed by atoms with Gasteiger partial charge in [-0.15, -0.1) is 0 Å². The van der Waals surface area contributed by atoms with Crippen LogP contribution in [0.4, 0.5) is 5.69 Å². The van der Waals surface area contributed by atoms with Crippen molar-refractivity contribution in [2.45, 2.75) is 42.8 Å². The number of esters is 1. The van der Waals surface area contributed by atoms with Crippen molar-refractivity contribution >= 4 is 51.0 Å². The maximum Gasteiger partial charge on any atom is 0.312 e. The van der Waals surface area contributed by atoms with Crippen LogP contribution in [0, 0.1) is 18.8 Å². The Morgan fingerprint density at radius 3 is 2.84 bits per heavy atom. The molecule has 3 unspecified atom stereocenters. The Morgan fingerprint density at radius 2 is 2.19 bits per heavy atom. The third kappa shape index (κ3) is 3.37. The summed E-state index contributed by atoms with van der Waals surface area (Å²) in [5, 5.41) is 12.8. The van der Waals surface area contributed by atoms with Crippen LogP contribution in [0.2, 0.25) is 5.02 Å². The van der Waals surface area contributed by atoms with Crippen LogP contribution in [-0.4, -0.2) is 70.1 Å². The number of aliphatic hydroxyl groups excluding tert-OH is 1. The van der Waals surface area contributed by atoms with Gasteiger partial charge in [-0.1, -0.05) is 39.7 Å². The first-order chi connectivity index (χ1) is 14.8. The molecule has 3 aliphatic rings. The summed E-state index contributed by atoms with van der Waals surface area (Å²) >= 11 is 9.85. The highest BCUT2D eigenvalue weighted by molar-refractivity contribution is 9.09. The molecule has 3 aliphatic heterocycles. The first kappa shape index (κ1) is 22.5. The number of ether oxygens (including phenoxy) is 2. The van der Waals surface area contributed by atoms with Gasteiger partial charge in [0.15, 0.2) is 0 Å². The smallest absolute Gasteiger partial charge is 0.312 e. The Morgan fingerprint density at radius 1 is 1.45 bits per heavy atom. The van der Waals surface area contributed by atoms with Crippen LogP contribution in [0.3, 0.4) is 0 Å². The number of carbonyl (C=O) groups is 3. The number of nitrogens with one attached hydrogen (secondary N) is 1. The van der Waals surface area contributed by atoms with Gasteiger partial charge in [0.1, 0.15) is 11.6 Å². The van der Waals surface area contributed by atoms with Crippen LogP contribution in [-0.2, 0) is 23.9 Å². The molecule has 1 aromatic rings. The van der Waals surface area contributed by atoms with Gasteiger partial charge >= 0.3 is 5.97 Å². The number of carbonyl (C=O) groups excluding carboxylic acids is 3. The molecule has 8 nitrogen and oxygen atoms in total. The van der Waals surface area contributed by atoms with Gasteiger partial charge in [-0.25, -0.2) is 0 Å². The average Bonchev–Trinajstić information content (AvgIpc) is 3.29. The predicted molar refractivity (Wildman–Crippen MR) is 116 cm³/mol. The first-order valence-electron chi connectivity index (χ1n) is 10.2. The number of anilines is 1. The Kier molecular flexibility index (Phi) is 6.06. The fourth-order valence-corrected chi connectivity index (χ4v) is 6.48. The summed E-state index contributed by atoms with van der Waals surface area (Å²) in [4.78, 5) is 40.8. The number of para-hydroxylation sites is 1. The maximum absolute atomic E-state index is 13.5. The Balaban J connectivity index is 1.74. The minimum Gasteiger partial charge on any atom is -0.466 e. The van der Waals surface area contributed by atoms with Crippen molar-refractivity contribution < 1.29 is 29.0 Å². The van der Waals surface area contributed by atoms with E-state index >= 15 is 0 Å². The number of rotatable bonds is 6. The highest BCUT2D eigenvalue weighted by atomic mass is 79.9. The minimum absolute atomic E-state index is 0.0484. The molecule has 31 heavy (non-hydrogen) atoms. The van der Waals surface area contributed by atoms with E-state index in [4.69, 9.17) is 21.1 Å². The van der Waals surface area contributed by atoms with E-state index in [1.165, 1.54) is 4.90 Å². The van der Waals surface area contributed by atoms with Crippen LogP contribution in [0.25, 0.3) is 0 Å². The number of hydrogen-bond donors (Lipinski definition) is 2. The number of aliphatic hydroxyl groups is 1. The molecular formula is C21H24BrClN2O6. The van der Waals surface area contributed by atoms with E-state index in [2.05, 4.69) is 21.2 Å². The highest BCUT2D eigenvalue weighted by Gasteiger charge is 2.76. The first-order valence-corrected chi connectivity index (χ1v) is 11.5. The van der Waals surface area contributed by atoms with Crippen LogP contribution in [0.1, 0.15) is 18.9 Å². The van der Waals surface area contributed by atoms with Gasteiger partial charge in [0, 0.05) is 11.4 Å². The van der Waals surface area contributed by atoms with Gasteiger partial charge < -0.3 is 24.8 Å². The average molecular weight is 516 g/mol. The van der Waals surface area contributed by atoms with Gasteiger partial charge in [0.25, 0.3) is 0 Å². The number of halogens is 2. The molecule has 0 aromatic heterocycles. The summed E-state index contributed by atoms with van der Waals surface area (Å²) in [6, 6.07) is 4.24. The van der Waals surface area contributed by atoms with E-state index in [0.717, 1.165) is 5.56 Å². The lowest BCUT2D eigenvalue weighted by atomic mass is 9.70. The van der Waals surface area contributed by atoms with Crippen LogP contribution < -0.4 is 5.32 Å². The summed E-state index contributed by atoms with van der Waals surface area (Å²) in [6.45, 7) is 3.32. The van der Waals surface area contributed by atoms with Crippen LogP contribution in [0.15, 0.2) is 18.2 Å². The zero-order chi connectivity index (χ0) is 22.5. The van der Waals surface area contributed by atoms with Crippen molar-refractivity contribution in [3.05, 3.63) is 28.8 Å². The van der Waals surface area contributed by atoms with Gasteiger partial charge in [-0.3, -0.25) is 14.4 Å². The summed E-state index contributed by atoms with van der Waals surface area (Å²) in [7, 11) is 0. The fourth-order valence-electron chi connectivity index (χ4n) is 5.27. The van der Waals surface area contributed by atoms with Gasteiger partial charge in [0.2, 0.25) is 11.8 Å². The second-order valence-electron chi connectivity index (χ2n) is 8.09. The summed E-state index contributed by atoms with van der Waals surface area (Å²) in [6.07, 6.45) is -0.187. The standard InChI is InChI=1S/C21H24BrClN2O6/c1-3-30-20(29)13-14-19(28)25(7-8-26)17(21(14)9-11(22)16(13)31-21)18(27)24-15-10(2)5-4-6-12(15)23/h4-6,11,13-14,16-17,26H,3,7-9H2,1-2H3,(H,24,27)/t11?,13-,14+,16-,17?,21?/m1/s1. The molecule has 3 saturated heterocycles. The van der Waals surface area contributed by atoms with E-state index < -0.39 is 41.5 Å². The van der Waals surface area contributed by atoms with Crippen molar-refractivity contribution in [3.63, 3.8) is 0 Å². The number of alkyl halides is 1. The van der Waals surface area contributed by atoms with Crippen molar-refractivity contribution in [1.82, 2.24) is 4.90 Å². The van der Waals surface area contributed by atoms with Crippen molar-refractivity contribution in [3.8, 4) is 0 Å². The van der Waals surface area contributed by atoms with Crippen molar-refractivity contribution in [2.75, 3.05) is 25.1 Å². The van der Waals surface area contributed by atoms with Crippen molar-refractivity contribution in [1.29, 1.82) is 0 Å². The largest absolute Gasteiger partial charge is 0.466 e. The lowest BCUT2D eigenvalue weighted by molar-refractivity contribution is -0.154. The molecule has 0 aliphatic carbocycles. The molecule has 3 heterocycles. The van der Waals surface area contributed by atoms with E-state index in [1.54, 1.807) is 19.1 Å². The predicted octanol–water partition coefficient (Wildman–Crippen LogP) is 1.89. The molecule has 0 radical (unpaired) electrons. The third-order valence-electron chi connectivity index (χ3n) is 6.41. The Hall–Kier alpha value is -1.68. The van der Waals surface area contributed by atoms with E-state index in [-0.39, 0.29) is 30.5 Å². The quantitative estimate of drug-likeness (QED) is 0.443. The van der Waals surface area contributed by atoms with E-state index in [1.807, 2.05) is 13.0 Å². The molecule has 2 N–H and O–H groups in total. The number of benzene rings is 1. The molecule has 2 amide bonds. The lowest BCUT2D eigenvalue weighted by Gasteiger charge is -2.34. The zero-order valence-corrected chi connectivity index (χ0v) is 19.5. The molecule has 1 spiro atoms. The molecule has 3 fully saturated rings. The number of fused-ring (bicyclic) bond motifs is 1. The molecule has 2 bridgehead atoms. The molecule has 0 saturated carbocycles. The molecule has 10 heteroatoms. The second kappa shape index (κ2) is 8.35. The minimum atomic E-state index is -1.19. The number of hydrogen-bond acceptors (Lipinski definition) is 6. The van der Waals surface area contributed by atoms with Crippen LogP contribution in [0.5, 0.6) is 0 Å². The lowest BCUT2D eigenvalue weighted by Crippen LogP contribution is -2.54. The SMILES string of the molecule is CCOC(=O)[C@H]1[C@@H]2OC3(CC2Br)C(C(=O)Nc2c(C)cccc2Cl)N(CCO)C(=O)[C@H]13. The Labute approximate surface area is 193 Å². The summed E-state index contributed by atoms with van der Waals surface area (Å²) in [5.74, 6) is -3.02. The highest BCUT2D eigenvalue weighted by Crippen LogP contribution is 2.60. The topological polar surface area (TPSA) is 105 Å². The zero-order valence-electron chi connectivity index (χ0n) is 17.1. The maximum atomic E-state index is 13.5. The molecule has 168 valence electrons. The summed E-state index contributed by atoms with van der Waals surface area (Å²) in [5.41, 5.74) is 0.0320. The molecule has 4 rings (SSSR count). The number of amides is 2. The normalized spacial score (nSPS) is 33.5. The fraction of sp³-hybridized carbons (Fsp3) is 0.571. The van der Waals surface area contributed by atoms with Gasteiger partial charge in [-0.2, -0.15) is 0 Å². The third-order valence-corrected chi connectivity index (χ3v) is 7.57. The number of likely N-dealkylation sites (tertiary alicyclic amines) is 1. The number of β-amino-alcohol motifs (C(OH)–C–C–N with tert-alkyl or cyclic N) is 1. The van der Waals surface area contributed by atoms with Gasteiger partial charge in [-0.05, 0) is 31.9 Å². The second-order valence-corrected chi connectivity index (χ2v) is 9.68. The number of aryl methyl sites for hydroxylation is 1. The Bertz CT molecular complexity index is 909. The van der Waals surface area contributed by atoms with E-state index in [0.29, 0.717) is 17.1 Å². The van der Waals surface area contributed by atoms with Crippen LogP contribution >= 0.6 is 27.5 Å². The summed E-state index contributed by atoms with van der Waals surface area (Å²) < 4.78 is 11.5. The molecule has 1 aromatic carbocycles. The van der Waals surface area contributed by atoms with E-state index in [9.17, 15) is 19.5 Å². The monoisotopic (exact) mass is 514 g/mol. The molecule has 6 atom stereocenters.